The number of hydrogen-bond donors (Lipinski definition) is 1. The van der Waals surface area contributed by atoms with E-state index in [1.165, 1.54) is 0 Å². The van der Waals surface area contributed by atoms with E-state index in [1.807, 2.05) is 44.0 Å². The van der Waals surface area contributed by atoms with Crippen molar-refractivity contribution >= 4 is 11.8 Å². The van der Waals surface area contributed by atoms with Crippen molar-refractivity contribution in [2.24, 2.45) is 0 Å². The largest absolute Gasteiger partial charge is 0.351 e. The fourth-order valence-electron chi connectivity index (χ4n) is 4.84. The molecule has 2 amide bonds. The van der Waals surface area contributed by atoms with Gasteiger partial charge in [0.25, 0.3) is 0 Å². The molecule has 1 aliphatic carbocycles. The average molecular weight is 372 g/mol. The number of amides is 2. The van der Waals surface area contributed by atoms with Crippen LogP contribution < -0.4 is 5.32 Å². The molecule has 1 N–H and O–H groups in total. The Labute approximate surface area is 163 Å². The Morgan fingerprint density at radius 1 is 1.15 bits per heavy atom. The number of rotatable bonds is 6. The van der Waals surface area contributed by atoms with E-state index in [0.717, 1.165) is 50.9 Å². The number of carbonyl (C=O) groups is 2. The molecule has 0 aromatic heterocycles. The number of nitrogens with zero attached hydrogens (tertiary/aromatic N) is 2. The number of likely N-dealkylation sites (N-methyl/N-ethyl adjacent to an activating group) is 2. The van der Waals surface area contributed by atoms with Gasteiger partial charge in [0.1, 0.15) is 0 Å². The molecule has 1 heterocycles. The summed E-state index contributed by atoms with van der Waals surface area (Å²) in [7, 11) is 1.99. The fraction of sp³-hybridized carbons (Fsp3) is 0.636. The standard InChI is InChI=1S/C22H33N3O2/c1-4-25(5-2)20(26)19-15-18(16-24(19)3)23-21(27)22(13-9-10-14-22)17-11-7-6-8-12-17/h6-8,11-12,18-19H,4-5,9-10,13-16H2,1-3H3,(H,23,27)/t18-,19+/m1/s1. The lowest BCUT2D eigenvalue weighted by Crippen LogP contribution is -2.47. The molecule has 2 fully saturated rings. The Kier molecular flexibility index (Phi) is 6.20. The third-order valence-electron chi connectivity index (χ3n) is 6.46. The molecule has 27 heavy (non-hydrogen) atoms. The second-order valence-corrected chi connectivity index (χ2v) is 8.03. The van der Waals surface area contributed by atoms with Crippen LogP contribution in [0.2, 0.25) is 0 Å². The van der Waals surface area contributed by atoms with Gasteiger partial charge in [-0.05, 0) is 45.7 Å². The Morgan fingerprint density at radius 3 is 2.37 bits per heavy atom. The lowest BCUT2D eigenvalue weighted by molar-refractivity contribution is -0.135. The highest BCUT2D eigenvalue weighted by molar-refractivity contribution is 5.89. The van der Waals surface area contributed by atoms with Crippen LogP contribution in [0, 0.1) is 0 Å². The summed E-state index contributed by atoms with van der Waals surface area (Å²) in [5.74, 6) is 0.318. The van der Waals surface area contributed by atoms with Gasteiger partial charge in [-0.3, -0.25) is 14.5 Å². The van der Waals surface area contributed by atoms with Crippen molar-refractivity contribution in [2.75, 3.05) is 26.7 Å². The molecule has 3 rings (SSSR count). The minimum Gasteiger partial charge on any atom is -0.351 e. The summed E-state index contributed by atoms with van der Waals surface area (Å²) in [6.45, 7) is 6.22. The maximum atomic E-state index is 13.3. The van der Waals surface area contributed by atoms with Crippen LogP contribution >= 0.6 is 0 Å². The zero-order valence-electron chi connectivity index (χ0n) is 16.9. The molecule has 1 saturated carbocycles. The third-order valence-corrected chi connectivity index (χ3v) is 6.46. The van der Waals surface area contributed by atoms with E-state index < -0.39 is 5.41 Å². The minimum absolute atomic E-state index is 0.0354. The normalized spacial score (nSPS) is 24.7. The SMILES string of the molecule is CCN(CC)C(=O)[C@@H]1C[C@@H](NC(=O)C2(c3ccccc3)CCCC2)CN1C. The highest BCUT2D eigenvalue weighted by Crippen LogP contribution is 2.41. The second kappa shape index (κ2) is 8.42. The average Bonchev–Trinajstić information content (AvgIpc) is 3.31. The topological polar surface area (TPSA) is 52.7 Å². The number of carbonyl (C=O) groups excluding carboxylic acids is 2. The molecule has 5 heteroatoms. The number of nitrogens with one attached hydrogen (secondary N) is 1. The Bertz CT molecular complexity index is 651. The van der Waals surface area contributed by atoms with Crippen molar-refractivity contribution in [3.8, 4) is 0 Å². The maximum Gasteiger partial charge on any atom is 0.239 e. The van der Waals surface area contributed by atoms with E-state index in [-0.39, 0.29) is 23.9 Å². The first kappa shape index (κ1) is 19.9. The first-order chi connectivity index (χ1) is 13.0. The van der Waals surface area contributed by atoms with Crippen LogP contribution in [0.5, 0.6) is 0 Å². The van der Waals surface area contributed by atoms with E-state index in [0.29, 0.717) is 6.42 Å². The number of likely N-dealkylation sites (tertiary alicyclic amines) is 1. The molecule has 0 unspecified atom stereocenters. The Hall–Kier alpha value is -1.88. The third kappa shape index (κ3) is 3.88. The van der Waals surface area contributed by atoms with Gasteiger partial charge in [-0.1, -0.05) is 43.2 Å². The lowest BCUT2D eigenvalue weighted by atomic mass is 9.78. The fourth-order valence-corrected chi connectivity index (χ4v) is 4.84. The van der Waals surface area contributed by atoms with Crippen LogP contribution in [0.4, 0.5) is 0 Å². The van der Waals surface area contributed by atoms with Gasteiger partial charge < -0.3 is 10.2 Å². The van der Waals surface area contributed by atoms with Gasteiger partial charge in [0.2, 0.25) is 11.8 Å². The van der Waals surface area contributed by atoms with E-state index in [4.69, 9.17) is 0 Å². The predicted molar refractivity (Wildman–Crippen MR) is 107 cm³/mol. The molecular weight excluding hydrogens is 338 g/mol. The van der Waals surface area contributed by atoms with Crippen LogP contribution in [-0.2, 0) is 15.0 Å². The zero-order chi connectivity index (χ0) is 19.4. The summed E-state index contributed by atoms with van der Waals surface area (Å²) in [5.41, 5.74) is 0.725. The maximum absolute atomic E-state index is 13.3. The highest BCUT2D eigenvalue weighted by Gasteiger charge is 2.45. The van der Waals surface area contributed by atoms with Gasteiger partial charge in [0, 0.05) is 25.7 Å². The van der Waals surface area contributed by atoms with Gasteiger partial charge in [0.15, 0.2) is 0 Å². The van der Waals surface area contributed by atoms with E-state index >= 15 is 0 Å². The molecule has 1 aliphatic heterocycles. The van der Waals surface area contributed by atoms with Crippen molar-refractivity contribution in [2.45, 2.75) is 63.5 Å². The zero-order valence-corrected chi connectivity index (χ0v) is 16.9. The Morgan fingerprint density at radius 2 is 1.78 bits per heavy atom. The lowest BCUT2D eigenvalue weighted by Gasteiger charge is -2.30. The summed E-state index contributed by atoms with van der Waals surface area (Å²) < 4.78 is 0. The van der Waals surface area contributed by atoms with Crippen molar-refractivity contribution in [1.82, 2.24) is 15.1 Å². The second-order valence-electron chi connectivity index (χ2n) is 8.03. The summed E-state index contributed by atoms with van der Waals surface area (Å²) in [6.07, 6.45) is 4.70. The van der Waals surface area contributed by atoms with Crippen LogP contribution in [0.25, 0.3) is 0 Å². The van der Waals surface area contributed by atoms with Crippen LogP contribution in [0.1, 0.15) is 51.5 Å². The first-order valence-electron chi connectivity index (χ1n) is 10.4. The van der Waals surface area contributed by atoms with Gasteiger partial charge in [-0.25, -0.2) is 0 Å². The number of benzene rings is 1. The Balaban J connectivity index is 1.70. The number of hydrogen-bond acceptors (Lipinski definition) is 3. The molecule has 1 aromatic carbocycles. The molecule has 5 nitrogen and oxygen atoms in total. The molecule has 2 aliphatic rings. The van der Waals surface area contributed by atoms with Crippen LogP contribution in [0.3, 0.4) is 0 Å². The molecule has 148 valence electrons. The van der Waals surface area contributed by atoms with Crippen LogP contribution in [-0.4, -0.2) is 60.4 Å². The monoisotopic (exact) mass is 371 g/mol. The first-order valence-corrected chi connectivity index (χ1v) is 10.4. The van der Waals surface area contributed by atoms with E-state index in [1.54, 1.807) is 0 Å². The summed E-state index contributed by atoms with van der Waals surface area (Å²) >= 11 is 0. The van der Waals surface area contributed by atoms with Crippen molar-refractivity contribution < 1.29 is 9.59 Å². The summed E-state index contributed by atoms with van der Waals surface area (Å²) in [4.78, 5) is 30.1. The van der Waals surface area contributed by atoms with Gasteiger partial charge in [0.05, 0.1) is 11.5 Å². The predicted octanol–water partition coefficient (Wildman–Crippen LogP) is 2.56. The highest BCUT2D eigenvalue weighted by atomic mass is 16.2. The van der Waals surface area contributed by atoms with Gasteiger partial charge in [-0.2, -0.15) is 0 Å². The van der Waals surface area contributed by atoms with E-state index in [9.17, 15) is 9.59 Å². The molecule has 0 bridgehead atoms. The smallest absolute Gasteiger partial charge is 0.239 e. The summed E-state index contributed by atoms with van der Waals surface area (Å²) in [5, 5.41) is 3.30. The van der Waals surface area contributed by atoms with Gasteiger partial charge in [-0.15, -0.1) is 0 Å². The van der Waals surface area contributed by atoms with Crippen molar-refractivity contribution in [3.05, 3.63) is 35.9 Å². The molecular formula is C22H33N3O2. The van der Waals surface area contributed by atoms with Gasteiger partial charge >= 0.3 is 0 Å². The molecule has 0 radical (unpaired) electrons. The molecule has 0 spiro atoms. The minimum atomic E-state index is -0.402. The molecule has 1 aromatic rings. The van der Waals surface area contributed by atoms with Crippen LogP contribution in [0.15, 0.2) is 30.3 Å². The molecule has 2 atom stereocenters. The van der Waals surface area contributed by atoms with Crippen molar-refractivity contribution in [1.29, 1.82) is 0 Å². The molecule has 1 saturated heterocycles. The summed E-state index contributed by atoms with van der Waals surface area (Å²) in [6, 6.07) is 10.1. The quantitative estimate of drug-likeness (QED) is 0.836. The van der Waals surface area contributed by atoms with Crippen molar-refractivity contribution in [3.63, 3.8) is 0 Å². The van der Waals surface area contributed by atoms with E-state index in [2.05, 4.69) is 22.3 Å².